The summed E-state index contributed by atoms with van der Waals surface area (Å²) in [5, 5.41) is 2.42. The van der Waals surface area contributed by atoms with Gasteiger partial charge in [0.25, 0.3) is 0 Å². The molecule has 0 fully saturated rings. The summed E-state index contributed by atoms with van der Waals surface area (Å²) in [6.45, 7) is 0. The van der Waals surface area contributed by atoms with E-state index in [1.807, 2.05) is 0 Å². The Morgan fingerprint density at radius 3 is 1.49 bits per heavy atom. The van der Waals surface area contributed by atoms with Crippen LogP contribution in [0.15, 0.2) is 188 Å². The van der Waals surface area contributed by atoms with Crippen LogP contribution in [0.1, 0.15) is 22.3 Å². The highest BCUT2D eigenvalue weighted by molar-refractivity contribution is 6.01. The maximum absolute atomic E-state index is 5.32. The predicted octanol–water partition coefficient (Wildman–Crippen LogP) is 11.6. The molecule has 1 aliphatic carbocycles. The molecule has 7 aromatic carbocycles. The maximum atomic E-state index is 5.32. The van der Waals surface area contributed by atoms with Crippen molar-refractivity contribution in [2.24, 2.45) is 0 Å². The van der Waals surface area contributed by atoms with E-state index >= 15 is 0 Å². The van der Waals surface area contributed by atoms with Crippen molar-refractivity contribution in [3.63, 3.8) is 0 Å². The molecule has 0 amide bonds. The van der Waals surface area contributed by atoms with Crippen LogP contribution in [0, 0.1) is 0 Å². The molecule has 8 aromatic rings. The van der Waals surface area contributed by atoms with Crippen molar-refractivity contribution in [3.05, 3.63) is 210 Å². The molecule has 0 saturated carbocycles. The highest BCUT2D eigenvalue weighted by Gasteiger charge is 2.46. The molecule has 0 aliphatic heterocycles. The summed E-state index contributed by atoms with van der Waals surface area (Å²) in [7, 11) is 0. The van der Waals surface area contributed by atoms with Gasteiger partial charge in [-0.05, 0) is 67.4 Å². The van der Waals surface area contributed by atoms with Gasteiger partial charge in [0.1, 0.15) is 0 Å². The fourth-order valence-corrected chi connectivity index (χ4v) is 7.75. The van der Waals surface area contributed by atoms with Gasteiger partial charge in [0.05, 0.1) is 16.8 Å². The lowest BCUT2D eigenvalue weighted by Crippen LogP contribution is -2.28. The van der Waals surface area contributed by atoms with E-state index < -0.39 is 5.41 Å². The third kappa shape index (κ3) is 4.28. The van der Waals surface area contributed by atoms with Crippen molar-refractivity contribution in [2.45, 2.75) is 5.41 Å². The average Bonchev–Trinajstić information content (AvgIpc) is 3.46. The van der Waals surface area contributed by atoms with Crippen LogP contribution in [-0.2, 0) is 5.41 Å². The minimum atomic E-state index is -0.471. The van der Waals surface area contributed by atoms with Crippen LogP contribution in [0.5, 0.6) is 0 Å². The van der Waals surface area contributed by atoms with E-state index in [2.05, 4.69) is 188 Å². The number of rotatable bonds is 5. The fraction of sp³-hybridized carbons (Fsp3) is 0.0217. The van der Waals surface area contributed by atoms with Crippen molar-refractivity contribution in [1.29, 1.82) is 0 Å². The zero-order chi connectivity index (χ0) is 31.2. The number of hydrogen-bond donors (Lipinski definition) is 0. The summed E-state index contributed by atoms with van der Waals surface area (Å²) < 4.78 is 0. The normalized spacial score (nSPS) is 12.9. The molecule has 1 aliphatic rings. The van der Waals surface area contributed by atoms with Crippen LogP contribution in [0.3, 0.4) is 0 Å². The van der Waals surface area contributed by atoms with Gasteiger partial charge >= 0.3 is 0 Å². The standard InChI is InChI=1S/C46H31N/c1-4-16-32(17-5-1)34-30-44(33-18-6-2-7-19-33)47-45(31-34)40-28-29-43(37-23-11-10-22-36(37)40)46(35-20-8-3-9-21-35)41-26-14-12-24-38(41)39-25-13-15-27-42(39)46/h1-31H. The Bertz CT molecular complexity index is 2290. The van der Waals surface area contributed by atoms with Crippen LogP contribution in [0.4, 0.5) is 0 Å². The molecule has 0 N–H and O–H groups in total. The highest BCUT2D eigenvalue weighted by atomic mass is 14.7. The predicted molar refractivity (Wildman–Crippen MR) is 195 cm³/mol. The Hall–Kier alpha value is -6.05. The minimum absolute atomic E-state index is 0.471. The Balaban J connectivity index is 1.34. The number of nitrogens with zero attached hydrogens (tertiary/aromatic N) is 1. The summed E-state index contributed by atoms with van der Waals surface area (Å²) in [6, 6.07) is 68.0. The van der Waals surface area contributed by atoms with Crippen LogP contribution < -0.4 is 0 Å². The van der Waals surface area contributed by atoms with Crippen molar-refractivity contribution in [3.8, 4) is 44.8 Å². The second-order valence-corrected chi connectivity index (χ2v) is 12.3. The molecular formula is C46H31N. The number of hydrogen-bond acceptors (Lipinski definition) is 1. The molecular weight excluding hydrogens is 567 g/mol. The van der Waals surface area contributed by atoms with Gasteiger partial charge in [-0.15, -0.1) is 0 Å². The van der Waals surface area contributed by atoms with Crippen molar-refractivity contribution < 1.29 is 0 Å². The van der Waals surface area contributed by atoms with Gasteiger partial charge in [-0.3, -0.25) is 0 Å². The highest BCUT2D eigenvalue weighted by Crippen LogP contribution is 2.57. The first-order valence-corrected chi connectivity index (χ1v) is 16.2. The number of benzene rings is 7. The molecule has 0 saturated heterocycles. The fourth-order valence-electron chi connectivity index (χ4n) is 7.75. The topological polar surface area (TPSA) is 12.9 Å². The van der Waals surface area contributed by atoms with Crippen LogP contribution in [0.2, 0.25) is 0 Å². The summed E-state index contributed by atoms with van der Waals surface area (Å²) in [4.78, 5) is 5.32. The molecule has 0 atom stereocenters. The monoisotopic (exact) mass is 597 g/mol. The second kappa shape index (κ2) is 11.1. The first-order valence-electron chi connectivity index (χ1n) is 16.2. The van der Waals surface area contributed by atoms with E-state index in [-0.39, 0.29) is 0 Å². The molecule has 9 rings (SSSR count). The van der Waals surface area contributed by atoms with Gasteiger partial charge in [0.15, 0.2) is 0 Å². The van der Waals surface area contributed by atoms with E-state index in [4.69, 9.17) is 4.98 Å². The molecule has 220 valence electrons. The van der Waals surface area contributed by atoms with Gasteiger partial charge in [0, 0.05) is 11.1 Å². The van der Waals surface area contributed by atoms with Gasteiger partial charge in [-0.25, -0.2) is 4.98 Å². The molecule has 47 heavy (non-hydrogen) atoms. The van der Waals surface area contributed by atoms with Crippen molar-refractivity contribution in [1.82, 2.24) is 4.98 Å². The largest absolute Gasteiger partial charge is 0.248 e. The quantitative estimate of drug-likeness (QED) is 0.192. The maximum Gasteiger partial charge on any atom is 0.0721 e. The Morgan fingerprint density at radius 2 is 0.830 bits per heavy atom. The number of fused-ring (bicyclic) bond motifs is 4. The molecule has 0 radical (unpaired) electrons. The zero-order valence-electron chi connectivity index (χ0n) is 25.8. The molecule has 0 unspecified atom stereocenters. The lowest BCUT2D eigenvalue weighted by molar-refractivity contribution is 0.776. The van der Waals surface area contributed by atoms with E-state index in [1.54, 1.807) is 0 Å². The van der Waals surface area contributed by atoms with E-state index in [0.29, 0.717) is 0 Å². The van der Waals surface area contributed by atoms with E-state index in [9.17, 15) is 0 Å². The molecule has 1 aromatic heterocycles. The lowest BCUT2D eigenvalue weighted by Gasteiger charge is -2.35. The smallest absolute Gasteiger partial charge is 0.0721 e. The molecule has 0 bridgehead atoms. The SMILES string of the molecule is c1ccc(-c2cc(-c3ccccc3)nc(-c3ccc(C4(c5ccccc5)c5ccccc5-c5ccccc54)c4ccccc34)c2)cc1. The average molecular weight is 598 g/mol. The summed E-state index contributed by atoms with van der Waals surface area (Å²) in [5.41, 5.74) is 13.8. The third-order valence-electron chi connectivity index (χ3n) is 9.77. The zero-order valence-corrected chi connectivity index (χ0v) is 25.8. The Morgan fingerprint density at radius 1 is 0.319 bits per heavy atom. The van der Waals surface area contributed by atoms with Gasteiger partial charge in [-0.2, -0.15) is 0 Å². The summed E-state index contributed by atoms with van der Waals surface area (Å²) >= 11 is 0. The Labute approximate surface area is 275 Å². The first-order chi connectivity index (χ1) is 23.3. The first kappa shape index (κ1) is 27.3. The molecule has 1 heteroatoms. The van der Waals surface area contributed by atoms with Crippen LogP contribution in [-0.4, -0.2) is 4.98 Å². The Kier molecular flexibility index (Phi) is 6.43. The summed E-state index contributed by atoms with van der Waals surface area (Å²) in [6.07, 6.45) is 0. The van der Waals surface area contributed by atoms with Gasteiger partial charge in [0.2, 0.25) is 0 Å². The molecule has 1 nitrogen and oxygen atoms in total. The van der Waals surface area contributed by atoms with Crippen molar-refractivity contribution in [2.75, 3.05) is 0 Å². The van der Waals surface area contributed by atoms with Gasteiger partial charge < -0.3 is 0 Å². The molecule has 1 heterocycles. The molecule has 0 spiro atoms. The lowest BCUT2D eigenvalue weighted by atomic mass is 9.66. The third-order valence-corrected chi connectivity index (χ3v) is 9.77. The van der Waals surface area contributed by atoms with Crippen LogP contribution in [0.25, 0.3) is 55.5 Å². The van der Waals surface area contributed by atoms with Crippen molar-refractivity contribution >= 4 is 10.8 Å². The second-order valence-electron chi connectivity index (χ2n) is 12.3. The minimum Gasteiger partial charge on any atom is -0.248 e. The van der Waals surface area contributed by atoms with E-state index in [1.165, 1.54) is 49.7 Å². The number of aromatic nitrogens is 1. The van der Waals surface area contributed by atoms with Gasteiger partial charge in [-0.1, -0.05) is 176 Å². The summed E-state index contributed by atoms with van der Waals surface area (Å²) in [5.74, 6) is 0. The van der Waals surface area contributed by atoms with Crippen LogP contribution >= 0.6 is 0 Å². The number of pyridine rings is 1. The van der Waals surface area contributed by atoms with E-state index in [0.717, 1.165) is 28.1 Å².